The molecule has 4 heteroatoms. The highest BCUT2D eigenvalue weighted by Crippen LogP contribution is 2.15. The summed E-state index contributed by atoms with van der Waals surface area (Å²) in [7, 11) is 2.20. The van der Waals surface area contributed by atoms with E-state index in [1.54, 1.807) is 6.33 Å². The van der Waals surface area contributed by atoms with Gasteiger partial charge in [-0.3, -0.25) is 0 Å². The summed E-state index contributed by atoms with van der Waals surface area (Å²) < 4.78 is 0. The van der Waals surface area contributed by atoms with Crippen molar-refractivity contribution in [3.05, 3.63) is 18.7 Å². The number of hydrogen-bond acceptors (Lipinski definition) is 4. The second-order valence-electron chi connectivity index (χ2n) is 4.14. The van der Waals surface area contributed by atoms with Crippen LogP contribution in [-0.4, -0.2) is 41.0 Å². The topological polar surface area (TPSA) is 41.0 Å². The van der Waals surface area contributed by atoms with E-state index in [2.05, 4.69) is 27.2 Å². The quantitative estimate of drug-likeness (QED) is 0.811. The second-order valence-corrected chi connectivity index (χ2v) is 4.14. The number of nitrogens with zero attached hydrogens (tertiary/aromatic N) is 3. The third-order valence-corrected chi connectivity index (χ3v) is 3.02. The van der Waals surface area contributed by atoms with E-state index in [9.17, 15) is 0 Å². The van der Waals surface area contributed by atoms with E-state index in [-0.39, 0.29) is 0 Å². The molecule has 4 nitrogen and oxygen atoms in total. The van der Waals surface area contributed by atoms with Gasteiger partial charge in [0.05, 0.1) is 18.1 Å². The molecule has 1 aliphatic heterocycles. The van der Waals surface area contributed by atoms with Gasteiger partial charge in [-0.2, -0.15) is 0 Å². The minimum Gasteiger partial charge on any atom is -0.381 e. The molecule has 1 aliphatic rings. The first-order chi connectivity index (χ1) is 7.36. The average Bonchev–Trinajstić information content (AvgIpc) is 2.29. The summed E-state index contributed by atoms with van der Waals surface area (Å²) in [5, 5.41) is 3.38. The number of likely N-dealkylation sites (tertiary alicyclic amines) is 1. The lowest BCUT2D eigenvalue weighted by atomic mass is 10.0. The van der Waals surface area contributed by atoms with Gasteiger partial charge in [0.15, 0.2) is 0 Å². The molecule has 0 aliphatic carbocycles. The lowest BCUT2D eigenvalue weighted by Crippen LogP contribution is -2.40. The first-order valence-corrected chi connectivity index (χ1v) is 5.55. The first-order valence-electron chi connectivity index (χ1n) is 5.55. The highest BCUT2D eigenvalue weighted by molar-refractivity contribution is 5.37. The molecular formula is C11H18N4. The zero-order valence-corrected chi connectivity index (χ0v) is 9.19. The van der Waals surface area contributed by atoms with Gasteiger partial charge in [-0.1, -0.05) is 6.42 Å². The molecule has 1 saturated heterocycles. The van der Waals surface area contributed by atoms with E-state index in [0.717, 1.165) is 12.2 Å². The van der Waals surface area contributed by atoms with Crippen molar-refractivity contribution in [3.8, 4) is 0 Å². The Morgan fingerprint density at radius 2 is 2.20 bits per heavy atom. The summed E-state index contributed by atoms with van der Waals surface area (Å²) in [6, 6.07) is 0.652. The van der Waals surface area contributed by atoms with Gasteiger partial charge in [0.25, 0.3) is 0 Å². The van der Waals surface area contributed by atoms with Crippen LogP contribution >= 0.6 is 0 Å². The molecule has 0 amide bonds. The number of piperidine rings is 1. The smallest absolute Gasteiger partial charge is 0.115 e. The summed E-state index contributed by atoms with van der Waals surface area (Å²) in [5.74, 6) is 0. The number of anilines is 1. The number of aromatic nitrogens is 2. The lowest BCUT2D eigenvalue weighted by Gasteiger charge is -2.32. The van der Waals surface area contributed by atoms with Crippen LogP contribution in [0.4, 0.5) is 5.69 Å². The predicted octanol–water partition coefficient (Wildman–Crippen LogP) is 1.37. The van der Waals surface area contributed by atoms with Crippen molar-refractivity contribution in [1.82, 2.24) is 14.9 Å². The molecule has 1 atom stereocenters. The van der Waals surface area contributed by atoms with Crippen LogP contribution in [0.25, 0.3) is 0 Å². The van der Waals surface area contributed by atoms with Crippen LogP contribution < -0.4 is 5.32 Å². The summed E-state index contributed by atoms with van der Waals surface area (Å²) in [6.07, 6.45) is 9.16. The van der Waals surface area contributed by atoms with Gasteiger partial charge in [-0.05, 0) is 26.4 Å². The second kappa shape index (κ2) is 5.07. The largest absolute Gasteiger partial charge is 0.381 e. The Kier molecular flexibility index (Phi) is 3.50. The fraction of sp³-hybridized carbons (Fsp3) is 0.636. The monoisotopic (exact) mass is 206 g/mol. The Morgan fingerprint density at radius 3 is 2.93 bits per heavy atom. The molecule has 0 spiro atoms. The summed E-state index contributed by atoms with van der Waals surface area (Å²) in [5.41, 5.74) is 1.01. The van der Waals surface area contributed by atoms with E-state index in [1.807, 2.05) is 12.4 Å². The fourth-order valence-electron chi connectivity index (χ4n) is 2.03. The Hall–Kier alpha value is -1.16. The van der Waals surface area contributed by atoms with Gasteiger partial charge in [0.1, 0.15) is 6.33 Å². The molecule has 1 fully saturated rings. The van der Waals surface area contributed by atoms with Crippen molar-refractivity contribution < 1.29 is 0 Å². The SMILES string of the molecule is CN1CCCCC1CNc1cncnc1. The molecule has 1 unspecified atom stereocenters. The van der Waals surface area contributed by atoms with Crippen LogP contribution in [0.15, 0.2) is 18.7 Å². The van der Waals surface area contributed by atoms with Gasteiger partial charge in [0, 0.05) is 12.6 Å². The summed E-state index contributed by atoms with van der Waals surface area (Å²) in [6.45, 7) is 2.21. The zero-order valence-electron chi connectivity index (χ0n) is 9.19. The highest BCUT2D eigenvalue weighted by atomic mass is 15.2. The van der Waals surface area contributed by atoms with Crippen LogP contribution in [0.5, 0.6) is 0 Å². The van der Waals surface area contributed by atoms with Crippen LogP contribution in [0, 0.1) is 0 Å². The van der Waals surface area contributed by atoms with Crippen molar-refractivity contribution in [1.29, 1.82) is 0 Å². The van der Waals surface area contributed by atoms with E-state index >= 15 is 0 Å². The number of nitrogens with one attached hydrogen (secondary N) is 1. The van der Waals surface area contributed by atoms with E-state index in [0.29, 0.717) is 6.04 Å². The van der Waals surface area contributed by atoms with E-state index < -0.39 is 0 Å². The predicted molar refractivity (Wildman–Crippen MR) is 60.8 cm³/mol. The molecule has 1 aromatic rings. The Labute approximate surface area is 90.7 Å². The van der Waals surface area contributed by atoms with Crippen molar-refractivity contribution in [2.45, 2.75) is 25.3 Å². The maximum Gasteiger partial charge on any atom is 0.115 e. The van der Waals surface area contributed by atoms with Crippen molar-refractivity contribution >= 4 is 5.69 Å². The van der Waals surface area contributed by atoms with Crippen LogP contribution in [-0.2, 0) is 0 Å². The number of hydrogen-bond donors (Lipinski definition) is 1. The van der Waals surface area contributed by atoms with Crippen molar-refractivity contribution in [3.63, 3.8) is 0 Å². The van der Waals surface area contributed by atoms with E-state index in [4.69, 9.17) is 0 Å². The van der Waals surface area contributed by atoms with Gasteiger partial charge in [0.2, 0.25) is 0 Å². The molecule has 0 saturated carbocycles. The summed E-state index contributed by atoms with van der Waals surface area (Å²) >= 11 is 0. The van der Waals surface area contributed by atoms with Crippen LogP contribution in [0.3, 0.4) is 0 Å². The molecule has 15 heavy (non-hydrogen) atoms. The molecule has 1 N–H and O–H groups in total. The first kappa shape index (κ1) is 10.4. The molecule has 1 aromatic heterocycles. The fourth-order valence-corrected chi connectivity index (χ4v) is 2.03. The highest BCUT2D eigenvalue weighted by Gasteiger charge is 2.18. The minimum absolute atomic E-state index is 0.652. The van der Waals surface area contributed by atoms with E-state index in [1.165, 1.54) is 25.8 Å². The Bertz CT molecular complexity index is 288. The van der Waals surface area contributed by atoms with Crippen LogP contribution in [0.1, 0.15) is 19.3 Å². The van der Waals surface area contributed by atoms with Gasteiger partial charge >= 0.3 is 0 Å². The average molecular weight is 206 g/mol. The molecule has 0 radical (unpaired) electrons. The maximum atomic E-state index is 3.98. The molecule has 82 valence electrons. The molecule has 0 bridgehead atoms. The molecule has 2 rings (SSSR count). The minimum atomic E-state index is 0.652. The normalized spacial score (nSPS) is 22.6. The van der Waals surface area contributed by atoms with Crippen molar-refractivity contribution in [2.75, 3.05) is 25.5 Å². The third kappa shape index (κ3) is 2.89. The zero-order chi connectivity index (χ0) is 10.5. The summed E-state index contributed by atoms with van der Waals surface area (Å²) in [4.78, 5) is 10.4. The van der Waals surface area contributed by atoms with Gasteiger partial charge < -0.3 is 10.2 Å². The Morgan fingerprint density at radius 1 is 1.40 bits per heavy atom. The number of likely N-dealkylation sites (N-methyl/N-ethyl adjacent to an activating group) is 1. The Balaban J connectivity index is 1.82. The van der Waals surface area contributed by atoms with Gasteiger partial charge in [-0.15, -0.1) is 0 Å². The van der Waals surface area contributed by atoms with Gasteiger partial charge in [-0.25, -0.2) is 9.97 Å². The standard InChI is InChI=1S/C11H18N4/c1-15-5-3-2-4-11(15)8-14-10-6-12-9-13-7-10/h6-7,9,11,14H,2-5,8H2,1H3. The molecule has 0 aromatic carbocycles. The maximum absolute atomic E-state index is 3.98. The third-order valence-electron chi connectivity index (χ3n) is 3.02. The number of rotatable bonds is 3. The molecule has 2 heterocycles. The van der Waals surface area contributed by atoms with Crippen LogP contribution in [0.2, 0.25) is 0 Å². The molecular weight excluding hydrogens is 188 g/mol. The van der Waals surface area contributed by atoms with Crippen molar-refractivity contribution in [2.24, 2.45) is 0 Å². The lowest BCUT2D eigenvalue weighted by molar-refractivity contribution is 0.194.